The minimum Gasteiger partial charge on any atom is -0.478 e. The average molecular weight is 312 g/mol. The Morgan fingerprint density at radius 3 is 2.71 bits per heavy atom. The molecule has 1 aromatic rings. The molecule has 0 fully saturated rings. The van der Waals surface area contributed by atoms with Crippen molar-refractivity contribution in [3.8, 4) is 0 Å². The van der Waals surface area contributed by atoms with Crippen LogP contribution in [0.3, 0.4) is 0 Å². The number of benzene rings is 1. The number of rotatable bonds is 7. The third-order valence-corrected chi connectivity index (χ3v) is 3.00. The van der Waals surface area contributed by atoms with Crippen molar-refractivity contribution >= 4 is 29.6 Å². The molecule has 2 N–H and O–H groups in total. The average Bonchev–Trinajstić information content (AvgIpc) is 2.43. The van der Waals surface area contributed by atoms with E-state index in [-0.39, 0.29) is 22.9 Å². The van der Waals surface area contributed by atoms with E-state index in [2.05, 4.69) is 11.9 Å². The largest absolute Gasteiger partial charge is 0.478 e. The zero-order valence-corrected chi connectivity index (χ0v) is 12.0. The van der Waals surface area contributed by atoms with Gasteiger partial charge in [0.2, 0.25) is 5.91 Å². The lowest BCUT2D eigenvalue weighted by Crippen LogP contribution is -2.22. The number of amides is 1. The van der Waals surface area contributed by atoms with E-state index < -0.39 is 11.8 Å². The molecule has 0 aliphatic carbocycles. The zero-order valence-electron chi connectivity index (χ0n) is 11.2. The normalized spacial score (nSPS) is 11.0. The molecule has 1 aromatic carbocycles. The van der Waals surface area contributed by atoms with Crippen molar-refractivity contribution in [2.24, 2.45) is 0 Å². The summed E-state index contributed by atoms with van der Waals surface area (Å²) in [7, 11) is 0. The van der Waals surface area contributed by atoms with Crippen LogP contribution < -0.4 is 5.32 Å². The van der Waals surface area contributed by atoms with Gasteiger partial charge in [0.15, 0.2) is 0 Å². The lowest BCUT2D eigenvalue weighted by molar-refractivity contribution is -0.132. The summed E-state index contributed by atoms with van der Waals surface area (Å²) < 4.78 is 12.9. The molecule has 0 spiro atoms. The topological polar surface area (TPSA) is 66.4 Å². The summed E-state index contributed by atoms with van der Waals surface area (Å²) in [6, 6.07) is 3.75. The van der Waals surface area contributed by atoms with E-state index in [0.717, 1.165) is 12.1 Å². The monoisotopic (exact) mass is 311 g/mol. The fourth-order valence-corrected chi connectivity index (χ4v) is 1.83. The van der Waals surface area contributed by atoms with E-state index >= 15 is 0 Å². The van der Waals surface area contributed by atoms with Crippen molar-refractivity contribution in [3.63, 3.8) is 0 Å². The molecule has 0 aromatic heterocycles. The number of nitrogens with one attached hydrogen (secondary N) is 1. The van der Waals surface area contributed by atoms with Crippen LogP contribution in [0.25, 0.3) is 6.08 Å². The molecule has 0 saturated carbocycles. The molecule has 0 aliphatic heterocycles. The number of carboxylic acid groups (broad SMARTS) is 1. The van der Waals surface area contributed by atoms with Crippen LogP contribution >= 0.6 is 11.6 Å². The number of carbonyl (C=O) groups excluding carboxylic acids is 1. The summed E-state index contributed by atoms with van der Waals surface area (Å²) in [5.74, 6) is -1.87. The highest BCUT2D eigenvalue weighted by Crippen LogP contribution is 2.21. The number of hydrogen-bond acceptors (Lipinski definition) is 2. The summed E-state index contributed by atoms with van der Waals surface area (Å²) in [6.45, 7) is 3.65. The van der Waals surface area contributed by atoms with Gasteiger partial charge >= 0.3 is 5.97 Å². The first-order chi connectivity index (χ1) is 9.93. The lowest BCUT2D eigenvalue weighted by Gasteiger charge is -2.05. The molecule has 21 heavy (non-hydrogen) atoms. The second-order valence-corrected chi connectivity index (χ2v) is 4.65. The SMILES string of the molecule is C=CC(=O)NCCC/C(=C\c1ccc(F)cc1Cl)C(=O)O. The maximum atomic E-state index is 12.9. The van der Waals surface area contributed by atoms with E-state index in [1.165, 1.54) is 18.2 Å². The fourth-order valence-electron chi connectivity index (χ4n) is 1.61. The second kappa shape index (κ2) is 8.21. The smallest absolute Gasteiger partial charge is 0.331 e. The molecule has 4 nitrogen and oxygen atoms in total. The highest BCUT2D eigenvalue weighted by atomic mass is 35.5. The Bertz CT molecular complexity index is 584. The first-order valence-corrected chi connectivity index (χ1v) is 6.61. The Morgan fingerprint density at radius 1 is 1.43 bits per heavy atom. The number of carbonyl (C=O) groups is 2. The van der Waals surface area contributed by atoms with Gasteiger partial charge in [-0.15, -0.1) is 0 Å². The van der Waals surface area contributed by atoms with Gasteiger partial charge in [-0.1, -0.05) is 24.2 Å². The first kappa shape index (κ1) is 16.9. The van der Waals surface area contributed by atoms with E-state index in [1.54, 1.807) is 0 Å². The van der Waals surface area contributed by atoms with Crippen LogP contribution in [0, 0.1) is 5.82 Å². The Hall–Kier alpha value is -2.14. The predicted molar refractivity (Wildman–Crippen MR) is 79.5 cm³/mol. The van der Waals surface area contributed by atoms with Crippen LogP contribution in [-0.2, 0) is 9.59 Å². The van der Waals surface area contributed by atoms with Gasteiger partial charge in [0, 0.05) is 12.1 Å². The molecular weight excluding hydrogens is 297 g/mol. The maximum Gasteiger partial charge on any atom is 0.331 e. The number of halogens is 2. The molecule has 0 aliphatic rings. The summed E-state index contributed by atoms with van der Waals surface area (Å²) in [6.07, 6.45) is 3.25. The minimum absolute atomic E-state index is 0.136. The molecule has 0 heterocycles. The van der Waals surface area contributed by atoms with Gasteiger partial charge in [0.05, 0.1) is 5.02 Å². The molecule has 0 saturated heterocycles. The Kier molecular flexibility index (Phi) is 6.62. The van der Waals surface area contributed by atoms with Gasteiger partial charge < -0.3 is 10.4 Å². The molecule has 6 heteroatoms. The molecule has 0 radical (unpaired) electrons. The molecule has 0 unspecified atom stereocenters. The lowest BCUT2D eigenvalue weighted by atomic mass is 10.1. The van der Waals surface area contributed by atoms with Crippen LogP contribution in [0.1, 0.15) is 18.4 Å². The van der Waals surface area contributed by atoms with Crippen LogP contribution in [0.5, 0.6) is 0 Å². The van der Waals surface area contributed by atoms with Crippen molar-refractivity contribution < 1.29 is 19.1 Å². The Labute approximate surface area is 126 Å². The first-order valence-electron chi connectivity index (χ1n) is 6.23. The van der Waals surface area contributed by atoms with Crippen molar-refractivity contribution in [3.05, 3.63) is 52.8 Å². The zero-order chi connectivity index (χ0) is 15.8. The van der Waals surface area contributed by atoms with Crippen LogP contribution in [0.2, 0.25) is 5.02 Å². The predicted octanol–water partition coefficient (Wildman–Crippen LogP) is 3.03. The molecule has 1 rings (SSSR count). The van der Waals surface area contributed by atoms with Crippen molar-refractivity contribution in [1.29, 1.82) is 0 Å². The fraction of sp³-hybridized carbons (Fsp3) is 0.200. The highest BCUT2D eigenvalue weighted by molar-refractivity contribution is 6.32. The standard InChI is InChI=1S/C15H15ClFNO3/c1-2-14(19)18-7-3-4-11(15(20)21)8-10-5-6-12(17)9-13(10)16/h2,5-6,8-9H,1,3-4,7H2,(H,18,19)(H,20,21)/b11-8+. The highest BCUT2D eigenvalue weighted by Gasteiger charge is 2.09. The summed E-state index contributed by atoms with van der Waals surface area (Å²) in [4.78, 5) is 22.1. The van der Waals surface area contributed by atoms with Gasteiger partial charge in [0.25, 0.3) is 0 Å². The summed E-state index contributed by atoms with van der Waals surface area (Å²) in [5.41, 5.74) is 0.571. The van der Waals surface area contributed by atoms with E-state index in [0.29, 0.717) is 18.5 Å². The number of carboxylic acids is 1. The quantitative estimate of drug-likeness (QED) is 0.601. The third-order valence-electron chi connectivity index (χ3n) is 2.67. The van der Waals surface area contributed by atoms with E-state index in [1.807, 2.05) is 0 Å². The summed E-state index contributed by atoms with van der Waals surface area (Å²) >= 11 is 5.85. The molecule has 0 atom stereocenters. The molecule has 0 bridgehead atoms. The van der Waals surface area contributed by atoms with Gasteiger partial charge in [0.1, 0.15) is 5.82 Å². The number of hydrogen-bond donors (Lipinski definition) is 2. The van der Waals surface area contributed by atoms with Gasteiger partial charge in [-0.2, -0.15) is 0 Å². The van der Waals surface area contributed by atoms with Crippen molar-refractivity contribution in [2.75, 3.05) is 6.54 Å². The van der Waals surface area contributed by atoms with Crippen LogP contribution in [0.15, 0.2) is 36.4 Å². The van der Waals surface area contributed by atoms with Crippen molar-refractivity contribution in [1.82, 2.24) is 5.32 Å². The van der Waals surface area contributed by atoms with E-state index in [4.69, 9.17) is 16.7 Å². The summed E-state index contributed by atoms with van der Waals surface area (Å²) in [5, 5.41) is 11.8. The number of aliphatic carboxylic acids is 1. The van der Waals surface area contributed by atoms with E-state index in [9.17, 15) is 14.0 Å². The van der Waals surface area contributed by atoms with Gasteiger partial charge in [-0.05, 0) is 42.7 Å². The maximum absolute atomic E-state index is 12.9. The molecule has 112 valence electrons. The van der Waals surface area contributed by atoms with Crippen LogP contribution in [0.4, 0.5) is 4.39 Å². The second-order valence-electron chi connectivity index (χ2n) is 4.24. The third kappa shape index (κ3) is 5.79. The van der Waals surface area contributed by atoms with Gasteiger partial charge in [-0.3, -0.25) is 4.79 Å². The van der Waals surface area contributed by atoms with Crippen LogP contribution in [-0.4, -0.2) is 23.5 Å². The molecule has 1 amide bonds. The Morgan fingerprint density at radius 2 is 2.14 bits per heavy atom. The Balaban J connectivity index is 2.72. The van der Waals surface area contributed by atoms with Gasteiger partial charge in [-0.25, -0.2) is 9.18 Å². The van der Waals surface area contributed by atoms with Crippen molar-refractivity contribution in [2.45, 2.75) is 12.8 Å². The molecular formula is C15H15ClFNO3. The minimum atomic E-state index is -1.08.